The highest BCUT2D eigenvalue weighted by molar-refractivity contribution is 5.92. The number of carboxylic acid groups (broad SMARTS) is 2. The molecule has 1 aliphatic carbocycles. The molecule has 4 atom stereocenters. The lowest BCUT2D eigenvalue weighted by Gasteiger charge is -2.28. The number of rotatable bonds is 5. The Kier molecular flexibility index (Phi) is 5.58. The van der Waals surface area contributed by atoms with Crippen LogP contribution in [0.25, 0.3) is 0 Å². The molecule has 0 aromatic rings. The molecule has 0 unspecified atom stereocenters. The number of nitrogens with one attached hydrogen (secondary N) is 1. The van der Waals surface area contributed by atoms with Gasteiger partial charge in [-0.05, 0) is 32.6 Å². The second kappa shape index (κ2) is 7.46. The Labute approximate surface area is 139 Å². The molecule has 24 heavy (non-hydrogen) atoms. The van der Waals surface area contributed by atoms with Crippen molar-refractivity contribution in [3.63, 3.8) is 0 Å². The first kappa shape index (κ1) is 18.0. The summed E-state index contributed by atoms with van der Waals surface area (Å²) in [6, 6.07) is -1.75. The largest absolute Gasteiger partial charge is 0.481 e. The highest BCUT2D eigenvalue weighted by Gasteiger charge is 2.38. The van der Waals surface area contributed by atoms with E-state index in [1.807, 2.05) is 0 Å². The molecule has 0 aromatic heterocycles. The number of nitrogens with zero attached hydrogens (tertiary/aromatic N) is 1. The molecular weight excluding hydrogens is 316 g/mol. The minimum absolute atomic E-state index is 0.281. The van der Waals surface area contributed by atoms with E-state index in [0.29, 0.717) is 25.8 Å². The van der Waals surface area contributed by atoms with E-state index in [2.05, 4.69) is 5.32 Å². The lowest BCUT2D eigenvalue weighted by molar-refractivity contribution is -0.150. The van der Waals surface area contributed by atoms with Crippen LogP contribution >= 0.6 is 0 Å². The van der Waals surface area contributed by atoms with Gasteiger partial charge in [0, 0.05) is 6.54 Å². The van der Waals surface area contributed by atoms with Gasteiger partial charge in [-0.15, -0.1) is 0 Å². The van der Waals surface area contributed by atoms with Crippen LogP contribution in [0.4, 0.5) is 0 Å². The summed E-state index contributed by atoms with van der Waals surface area (Å²) in [5, 5.41) is 20.9. The maximum Gasteiger partial charge on any atom is 0.326 e. The number of allylic oxidation sites excluding steroid dienone is 2. The molecule has 132 valence electrons. The van der Waals surface area contributed by atoms with Gasteiger partial charge in [0.15, 0.2) is 0 Å². The summed E-state index contributed by atoms with van der Waals surface area (Å²) in [6.07, 6.45) is 5.10. The fourth-order valence-corrected chi connectivity index (χ4v) is 3.30. The zero-order valence-corrected chi connectivity index (χ0v) is 13.5. The van der Waals surface area contributed by atoms with Crippen LogP contribution in [0.15, 0.2) is 12.2 Å². The highest BCUT2D eigenvalue weighted by Crippen LogP contribution is 2.26. The summed E-state index contributed by atoms with van der Waals surface area (Å²) in [6.45, 7) is 1.84. The topological polar surface area (TPSA) is 124 Å². The smallest absolute Gasteiger partial charge is 0.326 e. The van der Waals surface area contributed by atoms with E-state index < -0.39 is 47.7 Å². The van der Waals surface area contributed by atoms with Gasteiger partial charge in [-0.2, -0.15) is 0 Å². The average Bonchev–Trinajstić information content (AvgIpc) is 3.03. The minimum atomic E-state index is -1.05. The number of hydrogen-bond acceptors (Lipinski definition) is 4. The number of amides is 2. The Balaban J connectivity index is 2.00. The van der Waals surface area contributed by atoms with Crippen molar-refractivity contribution in [3.8, 4) is 0 Å². The predicted octanol–water partition coefficient (Wildman–Crippen LogP) is 0.234. The standard InChI is InChI=1S/C16H22N2O6/c1-9(14(20)18-8-4-7-12(18)16(23)24)17-13(19)10-5-2-3-6-11(10)15(21)22/h2-3,9-12H,4-8H2,1H3,(H,17,19)(H,21,22)(H,23,24)/t9-,10-,11-,12-/m0/s1. The third-order valence-electron chi connectivity index (χ3n) is 4.64. The van der Waals surface area contributed by atoms with Gasteiger partial charge in [-0.1, -0.05) is 12.2 Å². The molecule has 0 spiro atoms. The van der Waals surface area contributed by atoms with Gasteiger partial charge in [0.1, 0.15) is 12.1 Å². The lowest BCUT2D eigenvalue weighted by Crippen LogP contribution is -2.52. The van der Waals surface area contributed by atoms with Gasteiger partial charge in [-0.3, -0.25) is 14.4 Å². The highest BCUT2D eigenvalue weighted by atomic mass is 16.4. The molecule has 2 amide bonds. The fourth-order valence-electron chi connectivity index (χ4n) is 3.30. The average molecular weight is 338 g/mol. The molecule has 0 bridgehead atoms. The second-order valence-electron chi connectivity index (χ2n) is 6.25. The molecule has 0 radical (unpaired) electrons. The Morgan fingerprint density at radius 2 is 1.71 bits per heavy atom. The van der Waals surface area contributed by atoms with Crippen LogP contribution in [0.3, 0.4) is 0 Å². The molecule has 2 rings (SSSR count). The Bertz CT molecular complexity index is 573. The van der Waals surface area contributed by atoms with Crippen LogP contribution in [0.1, 0.15) is 32.6 Å². The van der Waals surface area contributed by atoms with Crippen molar-refractivity contribution in [2.45, 2.75) is 44.7 Å². The Morgan fingerprint density at radius 3 is 2.29 bits per heavy atom. The monoisotopic (exact) mass is 338 g/mol. The van der Waals surface area contributed by atoms with Crippen molar-refractivity contribution in [1.82, 2.24) is 10.2 Å². The van der Waals surface area contributed by atoms with Gasteiger partial charge in [-0.25, -0.2) is 4.79 Å². The summed E-state index contributed by atoms with van der Waals surface area (Å²) in [5.41, 5.74) is 0. The van der Waals surface area contributed by atoms with Crippen molar-refractivity contribution in [3.05, 3.63) is 12.2 Å². The maximum atomic E-state index is 12.4. The van der Waals surface area contributed by atoms with E-state index in [1.165, 1.54) is 11.8 Å². The number of carbonyl (C=O) groups excluding carboxylic acids is 2. The van der Waals surface area contributed by atoms with E-state index >= 15 is 0 Å². The van der Waals surface area contributed by atoms with Crippen molar-refractivity contribution in [2.24, 2.45) is 11.8 Å². The van der Waals surface area contributed by atoms with Gasteiger partial charge >= 0.3 is 11.9 Å². The Hall–Kier alpha value is -2.38. The van der Waals surface area contributed by atoms with Gasteiger partial charge in [0.05, 0.1) is 11.8 Å². The van der Waals surface area contributed by atoms with E-state index in [4.69, 9.17) is 5.11 Å². The first-order valence-electron chi connectivity index (χ1n) is 8.04. The minimum Gasteiger partial charge on any atom is -0.481 e. The molecule has 1 saturated heterocycles. The van der Waals surface area contributed by atoms with Crippen molar-refractivity contribution < 1.29 is 29.4 Å². The number of carbonyl (C=O) groups is 4. The predicted molar refractivity (Wildman–Crippen MR) is 83.0 cm³/mol. The normalized spacial score (nSPS) is 27.5. The lowest BCUT2D eigenvalue weighted by atomic mass is 9.82. The van der Waals surface area contributed by atoms with Gasteiger partial charge in [0.25, 0.3) is 0 Å². The SMILES string of the molecule is C[C@H](NC(=O)[C@H]1CC=CC[C@@H]1C(=O)O)C(=O)N1CCC[C@H]1C(=O)O. The number of aliphatic carboxylic acids is 2. The van der Waals surface area contributed by atoms with Crippen molar-refractivity contribution >= 4 is 23.8 Å². The first-order valence-corrected chi connectivity index (χ1v) is 8.04. The summed E-state index contributed by atoms with van der Waals surface area (Å²) >= 11 is 0. The maximum absolute atomic E-state index is 12.4. The van der Waals surface area contributed by atoms with Crippen LogP contribution in [0.5, 0.6) is 0 Å². The molecule has 8 nitrogen and oxygen atoms in total. The third kappa shape index (κ3) is 3.74. The summed E-state index contributed by atoms with van der Waals surface area (Å²) < 4.78 is 0. The quantitative estimate of drug-likeness (QED) is 0.617. The second-order valence-corrected chi connectivity index (χ2v) is 6.25. The summed E-state index contributed by atoms with van der Waals surface area (Å²) in [7, 11) is 0. The van der Waals surface area contributed by atoms with E-state index in [1.54, 1.807) is 12.2 Å². The Morgan fingerprint density at radius 1 is 1.08 bits per heavy atom. The zero-order chi connectivity index (χ0) is 17.9. The van der Waals surface area contributed by atoms with Gasteiger partial charge < -0.3 is 20.4 Å². The van der Waals surface area contributed by atoms with Crippen molar-refractivity contribution in [1.29, 1.82) is 0 Å². The number of likely N-dealkylation sites (tertiary alicyclic amines) is 1. The van der Waals surface area contributed by atoms with Crippen molar-refractivity contribution in [2.75, 3.05) is 6.54 Å². The van der Waals surface area contributed by atoms with Crippen LogP contribution in [-0.2, 0) is 19.2 Å². The molecule has 8 heteroatoms. The molecule has 3 N–H and O–H groups in total. The molecule has 0 saturated carbocycles. The first-order chi connectivity index (χ1) is 11.3. The third-order valence-corrected chi connectivity index (χ3v) is 4.64. The van der Waals surface area contributed by atoms with Crippen LogP contribution in [-0.4, -0.2) is 57.5 Å². The molecule has 1 heterocycles. The van der Waals surface area contributed by atoms with E-state index in [-0.39, 0.29) is 6.42 Å². The molecule has 0 aromatic carbocycles. The van der Waals surface area contributed by atoms with E-state index in [9.17, 15) is 24.3 Å². The number of hydrogen-bond donors (Lipinski definition) is 3. The molecule has 1 fully saturated rings. The molecular formula is C16H22N2O6. The molecule has 1 aliphatic heterocycles. The summed E-state index contributed by atoms with van der Waals surface area (Å²) in [5.74, 6) is -4.57. The number of carboxylic acids is 2. The fraction of sp³-hybridized carbons (Fsp3) is 0.625. The molecule has 2 aliphatic rings. The van der Waals surface area contributed by atoms with Gasteiger partial charge in [0.2, 0.25) is 11.8 Å². The zero-order valence-electron chi connectivity index (χ0n) is 13.5. The van der Waals surface area contributed by atoms with Crippen LogP contribution in [0, 0.1) is 11.8 Å². The van der Waals surface area contributed by atoms with Crippen LogP contribution in [0.2, 0.25) is 0 Å². The summed E-state index contributed by atoms with van der Waals surface area (Å²) in [4.78, 5) is 48.5. The van der Waals surface area contributed by atoms with E-state index in [0.717, 1.165) is 0 Å². The van der Waals surface area contributed by atoms with Crippen LogP contribution < -0.4 is 5.32 Å².